The zero-order valence-electron chi connectivity index (χ0n) is 16.7. The lowest BCUT2D eigenvalue weighted by atomic mass is 9.98. The molecule has 154 valence electrons. The van der Waals surface area contributed by atoms with Crippen molar-refractivity contribution in [3.8, 4) is 11.5 Å². The molecule has 0 fully saturated rings. The highest BCUT2D eigenvalue weighted by Crippen LogP contribution is 2.40. The van der Waals surface area contributed by atoms with Crippen LogP contribution in [0.2, 0.25) is 0 Å². The minimum Gasteiger partial charge on any atom is -0.493 e. The van der Waals surface area contributed by atoms with E-state index in [1.54, 1.807) is 37.7 Å². The summed E-state index contributed by atoms with van der Waals surface area (Å²) in [5.41, 5.74) is 1.80. The Morgan fingerprint density at radius 3 is 2.77 bits per heavy atom. The van der Waals surface area contributed by atoms with E-state index in [2.05, 4.69) is 38.8 Å². The number of nitrogens with one attached hydrogen (secondary N) is 1. The molecule has 1 atom stereocenters. The summed E-state index contributed by atoms with van der Waals surface area (Å²) in [6, 6.07) is 10.1. The zero-order chi connectivity index (χ0) is 20.7. The summed E-state index contributed by atoms with van der Waals surface area (Å²) in [5.74, 6) is 1.73. The summed E-state index contributed by atoms with van der Waals surface area (Å²) in [5, 5.41) is 4.78. The molecular weight excluding hydrogens is 418 g/mol. The Bertz CT molecular complexity index is 1250. The molecule has 1 unspecified atom stereocenters. The number of thiophene rings is 2. The molecule has 0 saturated heterocycles. The Labute approximate surface area is 181 Å². The lowest BCUT2D eigenvalue weighted by Gasteiger charge is -2.35. The van der Waals surface area contributed by atoms with E-state index in [9.17, 15) is 4.79 Å². The number of ether oxygens (including phenoxy) is 2. The molecule has 6 nitrogen and oxygen atoms in total. The lowest BCUT2D eigenvalue weighted by molar-refractivity contribution is 0.204. The normalized spacial score (nSPS) is 16.5. The van der Waals surface area contributed by atoms with E-state index in [-0.39, 0.29) is 11.6 Å². The summed E-state index contributed by atoms with van der Waals surface area (Å²) in [6.45, 7) is 1.49. The standard InChI is InChI=1S/C22H21N3O3S2/c1-27-16-10-14-15(11-17(16)28-2)23-20(24-22(14)26)12-25-7-5-18-13(6-9-30-18)21(25)19-4-3-8-29-19/h3-4,6,8-11,21H,5,7,12H2,1-2H3,(H,23,24,26). The Hall–Kier alpha value is -2.68. The number of fused-ring (bicyclic) bond motifs is 2. The van der Waals surface area contributed by atoms with Gasteiger partial charge < -0.3 is 14.5 Å². The van der Waals surface area contributed by atoms with E-state index < -0.39 is 0 Å². The van der Waals surface area contributed by atoms with Crippen LogP contribution in [0.1, 0.15) is 27.2 Å². The molecule has 4 heterocycles. The molecule has 5 rings (SSSR count). The third-order valence-electron chi connectivity index (χ3n) is 5.49. The first-order valence-corrected chi connectivity index (χ1v) is 11.4. The van der Waals surface area contributed by atoms with Gasteiger partial charge in [-0.2, -0.15) is 0 Å². The van der Waals surface area contributed by atoms with Gasteiger partial charge in [0, 0.05) is 22.4 Å². The molecular formula is C22H21N3O3S2. The average Bonchev–Trinajstić information content (AvgIpc) is 3.45. The van der Waals surface area contributed by atoms with Crippen LogP contribution in [0.25, 0.3) is 10.9 Å². The number of aromatic amines is 1. The van der Waals surface area contributed by atoms with Crippen molar-refractivity contribution in [2.75, 3.05) is 20.8 Å². The number of nitrogens with zero attached hydrogens (tertiary/aromatic N) is 2. The SMILES string of the molecule is COc1cc2nc(CN3CCc4sccc4C3c3cccs3)[nH]c(=O)c2cc1OC. The zero-order valence-corrected chi connectivity index (χ0v) is 18.3. The highest BCUT2D eigenvalue weighted by Gasteiger charge is 2.30. The molecule has 1 aliphatic rings. The first-order valence-electron chi connectivity index (χ1n) is 9.66. The van der Waals surface area contributed by atoms with Gasteiger partial charge in [-0.3, -0.25) is 9.69 Å². The van der Waals surface area contributed by atoms with Crippen molar-refractivity contribution in [1.82, 2.24) is 14.9 Å². The number of H-pyrrole nitrogens is 1. The third kappa shape index (κ3) is 3.30. The number of hydrogen-bond donors (Lipinski definition) is 1. The summed E-state index contributed by atoms with van der Waals surface area (Å²) in [4.78, 5) is 25.6. The highest BCUT2D eigenvalue weighted by molar-refractivity contribution is 7.10. The molecule has 1 N–H and O–H groups in total. The van der Waals surface area contributed by atoms with Crippen LogP contribution in [-0.2, 0) is 13.0 Å². The Balaban J connectivity index is 1.54. The topological polar surface area (TPSA) is 67.5 Å². The lowest BCUT2D eigenvalue weighted by Crippen LogP contribution is -2.35. The fourth-order valence-corrected chi connectivity index (χ4v) is 5.88. The predicted molar refractivity (Wildman–Crippen MR) is 120 cm³/mol. The van der Waals surface area contributed by atoms with Gasteiger partial charge in [0.2, 0.25) is 0 Å². The van der Waals surface area contributed by atoms with Gasteiger partial charge in [-0.05, 0) is 40.9 Å². The molecule has 1 aliphatic heterocycles. The molecule has 0 aliphatic carbocycles. The molecule has 0 saturated carbocycles. The maximum absolute atomic E-state index is 12.8. The number of rotatable bonds is 5. The first kappa shape index (κ1) is 19.3. The third-order valence-corrected chi connectivity index (χ3v) is 7.41. The monoisotopic (exact) mass is 439 g/mol. The van der Waals surface area contributed by atoms with Gasteiger partial charge in [0.25, 0.3) is 5.56 Å². The van der Waals surface area contributed by atoms with Crippen molar-refractivity contribution < 1.29 is 9.47 Å². The van der Waals surface area contributed by atoms with Crippen LogP contribution in [0.4, 0.5) is 0 Å². The largest absolute Gasteiger partial charge is 0.493 e. The van der Waals surface area contributed by atoms with E-state index in [0.29, 0.717) is 34.8 Å². The summed E-state index contributed by atoms with van der Waals surface area (Å²) < 4.78 is 10.7. The molecule has 30 heavy (non-hydrogen) atoms. The van der Waals surface area contributed by atoms with Gasteiger partial charge >= 0.3 is 0 Å². The maximum Gasteiger partial charge on any atom is 0.258 e. The fraction of sp³-hybridized carbons (Fsp3) is 0.273. The van der Waals surface area contributed by atoms with Crippen molar-refractivity contribution in [3.05, 3.63) is 72.6 Å². The van der Waals surface area contributed by atoms with Crippen LogP contribution >= 0.6 is 22.7 Å². The van der Waals surface area contributed by atoms with Crippen LogP contribution in [0, 0.1) is 0 Å². The number of aromatic nitrogens is 2. The van der Waals surface area contributed by atoms with Gasteiger partial charge in [-0.15, -0.1) is 22.7 Å². The molecule has 8 heteroatoms. The maximum atomic E-state index is 12.8. The molecule has 1 aromatic carbocycles. The Morgan fingerprint density at radius 2 is 2.00 bits per heavy atom. The van der Waals surface area contributed by atoms with Crippen molar-refractivity contribution >= 4 is 33.6 Å². The Morgan fingerprint density at radius 1 is 1.17 bits per heavy atom. The molecule has 0 radical (unpaired) electrons. The second-order valence-electron chi connectivity index (χ2n) is 7.17. The fourth-order valence-electron chi connectivity index (χ4n) is 4.10. The van der Waals surface area contributed by atoms with Crippen molar-refractivity contribution in [2.24, 2.45) is 0 Å². The highest BCUT2D eigenvalue weighted by atomic mass is 32.1. The van der Waals surface area contributed by atoms with E-state index in [1.807, 2.05) is 11.3 Å². The molecule has 0 spiro atoms. The van der Waals surface area contributed by atoms with E-state index in [4.69, 9.17) is 14.5 Å². The van der Waals surface area contributed by atoms with E-state index in [0.717, 1.165) is 13.0 Å². The molecule has 3 aromatic heterocycles. The van der Waals surface area contributed by atoms with Gasteiger partial charge in [0.1, 0.15) is 5.82 Å². The average molecular weight is 440 g/mol. The van der Waals surface area contributed by atoms with Crippen LogP contribution in [0.5, 0.6) is 11.5 Å². The molecule has 0 amide bonds. The second kappa shape index (κ2) is 7.86. The summed E-state index contributed by atoms with van der Waals surface area (Å²) >= 11 is 3.59. The smallest absolute Gasteiger partial charge is 0.258 e. The van der Waals surface area contributed by atoms with Crippen molar-refractivity contribution in [2.45, 2.75) is 19.0 Å². The number of methoxy groups -OCH3 is 2. The van der Waals surface area contributed by atoms with E-state index in [1.165, 1.54) is 15.3 Å². The van der Waals surface area contributed by atoms with E-state index >= 15 is 0 Å². The van der Waals surface area contributed by atoms with Gasteiger partial charge in [0.05, 0.1) is 37.7 Å². The van der Waals surface area contributed by atoms with Crippen LogP contribution in [-0.4, -0.2) is 35.6 Å². The van der Waals surface area contributed by atoms with Gasteiger partial charge in [0.15, 0.2) is 11.5 Å². The quantitative estimate of drug-likeness (QED) is 0.505. The van der Waals surface area contributed by atoms with Crippen LogP contribution in [0.3, 0.4) is 0 Å². The van der Waals surface area contributed by atoms with Crippen LogP contribution in [0.15, 0.2) is 45.9 Å². The molecule has 4 aromatic rings. The minimum absolute atomic E-state index is 0.170. The summed E-state index contributed by atoms with van der Waals surface area (Å²) in [6.07, 6.45) is 1.01. The predicted octanol–water partition coefficient (Wildman–Crippen LogP) is 4.21. The second-order valence-corrected chi connectivity index (χ2v) is 9.15. The first-order chi connectivity index (χ1) is 14.7. The van der Waals surface area contributed by atoms with Gasteiger partial charge in [-0.25, -0.2) is 4.98 Å². The van der Waals surface area contributed by atoms with Crippen molar-refractivity contribution in [1.29, 1.82) is 0 Å². The van der Waals surface area contributed by atoms with Crippen molar-refractivity contribution in [3.63, 3.8) is 0 Å². The minimum atomic E-state index is -0.170. The molecule has 0 bridgehead atoms. The Kier molecular flexibility index (Phi) is 5.06. The van der Waals surface area contributed by atoms with Gasteiger partial charge in [-0.1, -0.05) is 6.07 Å². The number of hydrogen-bond acceptors (Lipinski definition) is 7. The summed E-state index contributed by atoms with van der Waals surface area (Å²) in [7, 11) is 3.13. The number of benzene rings is 1. The van der Waals surface area contributed by atoms with Crippen LogP contribution < -0.4 is 15.0 Å².